The lowest BCUT2D eigenvalue weighted by Gasteiger charge is -2.40. The van der Waals surface area contributed by atoms with Crippen LogP contribution in [0.2, 0.25) is 0 Å². The highest BCUT2D eigenvalue weighted by molar-refractivity contribution is 7.80. The largest absolute Gasteiger partial charge is 0.391 e. The standard InChI is InChI=1S/C13H23N3OS/c1-12(2)8-9(12)10(17)15-13(11(14)18)4-6-16(3)7-5-13/h9H,4-8H2,1-3H3,(H2,14,18)(H,15,17). The molecule has 2 aliphatic rings. The molecule has 2 rings (SSSR count). The summed E-state index contributed by atoms with van der Waals surface area (Å²) in [5.41, 5.74) is 5.57. The number of nitrogens with two attached hydrogens (primary N) is 1. The van der Waals surface area contributed by atoms with Crippen molar-refractivity contribution in [2.75, 3.05) is 20.1 Å². The zero-order valence-electron chi connectivity index (χ0n) is 11.5. The summed E-state index contributed by atoms with van der Waals surface area (Å²) in [6.45, 7) is 6.09. The number of piperidine rings is 1. The van der Waals surface area contributed by atoms with E-state index in [9.17, 15) is 4.79 Å². The topological polar surface area (TPSA) is 58.4 Å². The molecule has 0 aromatic carbocycles. The third-order valence-corrected chi connectivity index (χ3v) is 4.90. The quantitative estimate of drug-likeness (QED) is 0.747. The van der Waals surface area contributed by atoms with Crippen LogP contribution in [0.5, 0.6) is 0 Å². The Bertz CT molecular complexity index is 372. The lowest BCUT2D eigenvalue weighted by Crippen LogP contribution is -2.61. The molecule has 1 aliphatic carbocycles. The molecule has 3 N–H and O–H groups in total. The van der Waals surface area contributed by atoms with E-state index in [-0.39, 0.29) is 17.2 Å². The Morgan fingerprint density at radius 1 is 1.39 bits per heavy atom. The third kappa shape index (κ3) is 2.52. The average Bonchev–Trinajstić information content (AvgIpc) is 2.91. The highest BCUT2D eigenvalue weighted by Crippen LogP contribution is 2.51. The van der Waals surface area contributed by atoms with Gasteiger partial charge in [-0.2, -0.15) is 0 Å². The van der Waals surface area contributed by atoms with Gasteiger partial charge in [0.2, 0.25) is 5.91 Å². The summed E-state index contributed by atoms with van der Waals surface area (Å²) in [5.74, 6) is 0.251. The minimum absolute atomic E-state index is 0.123. The van der Waals surface area contributed by atoms with Crippen LogP contribution < -0.4 is 11.1 Å². The molecule has 1 unspecified atom stereocenters. The van der Waals surface area contributed by atoms with Gasteiger partial charge in [-0.25, -0.2) is 0 Å². The van der Waals surface area contributed by atoms with Gasteiger partial charge in [0.25, 0.3) is 0 Å². The second kappa shape index (κ2) is 4.46. The van der Waals surface area contributed by atoms with E-state index in [1.165, 1.54) is 0 Å². The fourth-order valence-electron chi connectivity index (χ4n) is 2.67. The highest BCUT2D eigenvalue weighted by Gasteiger charge is 2.52. The molecule has 102 valence electrons. The summed E-state index contributed by atoms with van der Waals surface area (Å²) in [6.07, 6.45) is 2.60. The highest BCUT2D eigenvalue weighted by atomic mass is 32.1. The minimum Gasteiger partial charge on any atom is -0.391 e. The molecule has 2 fully saturated rings. The van der Waals surface area contributed by atoms with Crippen molar-refractivity contribution in [1.29, 1.82) is 0 Å². The summed E-state index contributed by atoms with van der Waals surface area (Å²) in [4.78, 5) is 14.9. The van der Waals surface area contributed by atoms with Crippen LogP contribution in [-0.2, 0) is 4.79 Å². The van der Waals surface area contributed by atoms with Crippen molar-refractivity contribution < 1.29 is 4.79 Å². The number of nitrogens with one attached hydrogen (secondary N) is 1. The number of hydrogen-bond donors (Lipinski definition) is 2. The van der Waals surface area contributed by atoms with E-state index in [1.807, 2.05) is 0 Å². The van der Waals surface area contributed by atoms with E-state index < -0.39 is 5.54 Å². The molecule has 0 aromatic rings. The van der Waals surface area contributed by atoms with E-state index in [0.29, 0.717) is 4.99 Å². The first kappa shape index (κ1) is 13.7. The van der Waals surface area contributed by atoms with Gasteiger partial charge in [-0.1, -0.05) is 26.1 Å². The first-order valence-electron chi connectivity index (χ1n) is 6.57. The fourth-order valence-corrected chi connectivity index (χ4v) is 2.93. The third-order valence-electron chi connectivity index (χ3n) is 4.50. The van der Waals surface area contributed by atoms with Crippen LogP contribution >= 0.6 is 12.2 Å². The van der Waals surface area contributed by atoms with Crippen LogP contribution in [0.25, 0.3) is 0 Å². The SMILES string of the molecule is CN1CCC(NC(=O)C2CC2(C)C)(C(N)=S)CC1. The van der Waals surface area contributed by atoms with Crippen LogP contribution in [0, 0.1) is 11.3 Å². The van der Waals surface area contributed by atoms with Crippen molar-refractivity contribution in [3.05, 3.63) is 0 Å². The molecule has 1 heterocycles. The number of likely N-dealkylation sites (tertiary alicyclic amines) is 1. The first-order chi connectivity index (χ1) is 8.27. The number of hydrogen-bond acceptors (Lipinski definition) is 3. The van der Waals surface area contributed by atoms with Gasteiger partial charge in [-0.05, 0) is 31.7 Å². The normalized spacial score (nSPS) is 29.6. The van der Waals surface area contributed by atoms with Crippen molar-refractivity contribution in [2.45, 2.75) is 38.6 Å². The van der Waals surface area contributed by atoms with Gasteiger partial charge in [0.15, 0.2) is 0 Å². The van der Waals surface area contributed by atoms with E-state index in [1.54, 1.807) is 0 Å². The summed E-state index contributed by atoms with van der Waals surface area (Å²) >= 11 is 5.19. The average molecular weight is 269 g/mol. The second-order valence-corrected chi connectivity index (χ2v) is 6.92. The molecule has 4 nitrogen and oxygen atoms in total. The van der Waals surface area contributed by atoms with Gasteiger partial charge in [0.05, 0.1) is 10.5 Å². The monoisotopic (exact) mass is 269 g/mol. The number of thiocarbonyl (C=S) groups is 1. The Morgan fingerprint density at radius 3 is 2.28 bits per heavy atom. The lowest BCUT2D eigenvalue weighted by molar-refractivity contribution is -0.124. The van der Waals surface area contributed by atoms with Crippen molar-refractivity contribution in [2.24, 2.45) is 17.1 Å². The van der Waals surface area contributed by atoms with Crippen LogP contribution in [0.3, 0.4) is 0 Å². The summed E-state index contributed by atoms with van der Waals surface area (Å²) in [6, 6.07) is 0. The van der Waals surface area contributed by atoms with Crippen molar-refractivity contribution in [3.63, 3.8) is 0 Å². The van der Waals surface area contributed by atoms with Crippen LogP contribution in [0.1, 0.15) is 33.1 Å². The van der Waals surface area contributed by atoms with Crippen molar-refractivity contribution in [1.82, 2.24) is 10.2 Å². The van der Waals surface area contributed by atoms with E-state index in [2.05, 4.69) is 31.1 Å². The summed E-state index contributed by atoms with van der Waals surface area (Å²) in [5, 5.41) is 3.14. The molecule has 1 aliphatic heterocycles. The zero-order chi connectivity index (χ0) is 13.6. The van der Waals surface area contributed by atoms with Crippen LogP contribution in [-0.4, -0.2) is 41.5 Å². The molecule has 18 heavy (non-hydrogen) atoms. The maximum Gasteiger partial charge on any atom is 0.224 e. The molecular formula is C13H23N3OS. The first-order valence-corrected chi connectivity index (χ1v) is 6.98. The maximum atomic E-state index is 12.2. The molecule has 0 bridgehead atoms. The van der Waals surface area contributed by atoms with Gasteiger partial charge < -0.3 is 16.0 Å². The smallest absolute Gasteiger partial charge is 0.224 e. The Hall–Kier alpha value is -0.680. The molecule has 1 saturated heterocycles. The molecule has 1 amide bonds. The Balaban J connectivity index is 2.03. The Labute approximate surface area is 114 Å². The van der Waals surface area contributed by atoms with Gasteiger partial charge >= 0.3 is 0 Å². The number of amides is 1. The maximum absolute atomic E-state index is 12.2. The number of carbonyl (C=O) groups excluding carboxylic acids is 1. The van der Waals surface area contributed by atoms with Gasteiger partial charge in [-0.3, -0.25) is 4.79 Å². The van der Waals surface area contributed by atoms with Crippen LogP contribution in [0.15, 0.2) is 0 Å². The molecule has 5 heteroatoms. The molecule has 0 spiro atoms. The van der Waals surface area contributed by atoms with Crippen molar-refractivity contribution >= 4 is 23.1 Å². The Morgan fingerprint density at radius 2 is 1.89 bits per heavy atom. The number of rotatable bonds is 3. The molecular weight excluding hydrogens is 246 g/mol. The summed E-state index contributed by atoms with van der Waals surface area (Å²) < 4.78 is 0. The van der Waals surface area contributed by atoms with Gasteiger partial charge in [0, 0.05) is 19.0 Å². The van der Waals surface area contributed by atoms with Gasteiger partial charge in [-0.15, -0.1) is 0 Å². The van der Waals surface area contributed by atoms with Crippen molar-refractivity contribution in [3.8, 4) is 0 Å². The van der Waals surface area contributed by atoms with E-state index in [0.717, 1.165) is 32.4 Å². The number of nitrogens with zero attached hydrogens (tertiary/aromatic N) is 1. The second-order valence-electron chi connectivity index (χ2n) is 6.48. The zero-order valence-corrected chi connectivity index (χ0v) is 12.3. The predicted molar refractivity (Wildman–Crippen MR) is 76.3 cm³/mol. The predicted octanol–water partition coefficient (Wildman–Crippen LogP) is 0.899. The Kier molecular flexibility index (Phi) is 3.40. The molecule has 0 aromatic heterocycles. The lowest BCUT2D eigenvalue weighted by atomic mass is 9.87. The number of carbonyl (C=O) groups is 1. The molecule has 0 radical (unpaired) electrons. The summed E-state index contributed by atoms with van der Waals surface area (Å²) in [7, 11) is 2.08. The van der Waals surface area contributed by atoms with Gasteiger partial charge in [0.1, 0.15) is 0 Å². The molecule has 1 saturated carbocycles. The van der Waals surface area contributed by atoms with Crippen LogP contribution in [0.4, 0.5) is 0 Å². The van der Waals surface area contributed by atoms with E-state index in [4.69, 9.17) is 18.0 Å². The van der Waals surface area contributed by atoms with E-state index >= 15 is 0 Å². The minimum atomic E-state index is -0.461. The molecule has 1 atom stereocenters. The fraction of sp³-hybridized carbons (Fsp3) is 0.846.